The van der Waals surface area contributed by atoms with E-state index in [4.69, 9.17) is 4.74 Å². The maximum absolute atomic E-state index is 13.8. The van der Waals surface area contributed by atoms with Gasteiger partial charge in [-0.2, -0.15) is 14.1 Å². The molecule has 3 aromatic rings. The quantitative estimate of drug-likeness (QED) is 0.490. The molecule has 1 aliphatic carbocycles. The molecule has 192 valence electrons. The molecular formula is C23H26F2N6O4S. The van der Waals surface area contributed by atoms with Crippen LogP contribution in [-0.2, 0) is 17.1 Å². The summed E-state index contributed by atoms with van der Waals surface area (Å²) < 4.78 is 63.5. The fraction of sp³-hybridized carbons (Fsp3) is 0.435. The average molecular weight is 521 g/mol. The predicted molar refractivity (Wildman–Crippen MR) is 127 cm³/mol. The summed E-state index contributed by atoms with van der Waals surface area (Å²) in [5, 5.41) is 4.13. The van der Waals surface area contributed by atoms with Crippen LogP contribution in [-0.4, -0.2) is 64.3 Å². The normalized spacial score (nSPS) is 17.6. The summed E-state index contributed by atoms with van der Waals surface area (Å²) in [7, 11) is -2.15. The van der Waals surface area contributed by atoms with Crippen molar-refractivity contribution in [2.45, 2.75) is 36.9 Å². The smallest absolute Gasteiger partial charge is 0.316 e. The molecular weight excluding hydrogens is 494 g/mol. The topological polar surface area (TPSA) is 103 Å². The largest absolute Gasteiger partial charge is 0.483 e. The number of imidazole rings is 1. The zero-order valence-electron chi connectivity index (χ0n) is 19.7. The third kappa shape index (κ3) is 4.60. The molecule has 2 fully saturated rings. The molecule has 0 atom stereocenters. The van der Waals surface area contributed by atoms with Crippen molar-refractivity contribution >= 4 is 15.7 Å². The Balaban J connectivity index is 1.45. The number of hydrogen-bond donors (Lipinski definition) is 0. The van der Waals surface area contributed by atoms with Gasteiger partial charge in [0.05, 0.1) is 18.0 Å². The number of sulfonamides is 1. The average Bonchev–Trinajstić information content (AvgIpc) is 3.52. The number of aryl methyl sites for hydroxylation is 1. The SMILES string of the molecule is Cn1ccnc1S(=O)(=O)N1CCN(c2cnn(-c3cc(F)cc(F)c3)c(=O)c2OC2CCCC2)CC1. The molecule has 0 spiro atoms. The number of halogens is 2. The second kappa shape index (κ2) is 9.62. The Morgan fingerprint density at radius 3 is 2.31 bits per heavy atom. The fourth-order valence-corrected chi connectivity index (χ4v) is 6.16. The van der Waals surface area contributed by atoms with Gasteiger partial charge >= 0.3 is 5.56 Å². The Kier molecular flexibility index (Phi) is 6.51. The number of benzene rings is 1. The first-order chi connectivity index (χ1) is 17.2. The van der Waals surface area contributed by atoms with Crippen molar-refractivity contribution in [2.24, 2.45) is 7.05 Å². The minimum Gasteiger partial charge on any atom is -0.483 e. The fourth-order valence-electron chi connectivity index (χ4n) is 4.67. The summed E-state index contributed by atoms with van der Waals surface area (Å²) in [4.78, 5) is 19.3. The maximum Gasteiger partial charge on any atom is 0.316 e. The Bertz CT molecular complexity index is 1410. The molecule has 1 aliphatic heterocycles. The monoisotopic (exact) mass is 520 g/mol. The molecule has 36 heavy (non-hydrogen) atoms. The highest BCUT2D eigenvalue weighted by Crippen LogP contribution is 2.31. The van der Waals surface area contributed by atoms with Crippen molar-refractivity contribution in [1.82, 2.24) is 23.6 Å². The summed E-state index contributed by atoms with van der Waals surface area (Å²) in [6, 6.07) is 2.77. The number of aromatic nitrogens is 4. The van der Waals surface area contributed by atoms with Crippen LogP contribution >= 0.6 is 0 Å². The van der Waals surface area contributed by atoms with Gasteiger partial charge < -0.3 is 14.2 Å². The summed E-state index contributed by atoms with van der Waals surface area (Å²) in [6.45, 7) is 0.946. The molecule has 3 heterocycles. The molecule has 2 aromatic heterocycles. The number of ether oxygens (including phenoxy) is 1. The van der Waals surface area contributed by atoms with Crippen molar-refractivity contribution in [3.8, 4) is 11.4 Å². The van der Waals surface area contributed by atoms with Crippen LogP contribution in [0, 0.1) is 11.6 Å². The van der Waals surface area contributed by atoms with Crippen LogP contribution in [0.5, 0.6) is 5.75 Å². The van der Waals surface area contributed by atoms with E-state index >= 15 is 0 Å². The van der Waals surface area contributed by atoms with Crippen molar-refractivity contribution in [3.63, 3.8) is 0 Å². The van der Waals surface area contributed by atoms with Crippen LogP contribution in [0.1, 0.15) is 25.7 Å². The van der Waals surface area contributed by atoms with Crippen LogP contribution in [0.25, 0.3) is 5.69 Å². The molecule has 1 saturated heterocycles. The van der Waals surface area contributed by atoms with Crippen LogP contribution < -0.4 is 15.2 Å². The Hall–Kier alpha value is -3.32. The van der Waals surface area contributed by atoms with E-state index in [1.54, 1.807) is 13.2 Å². The van der Waals surface area contributed by atoms with Crippen LogP contribution in [0.15, 0.2) is 46.7 Å². The van der Waals surface area contributed by atoms with Gasteiger partial charge in [-0.25, -0.2) is 22.2 Å². The lowest BCUT2D eigenvalue weighted by Crippen LogP contribution is -2.49. The van der Waals surface area contributed by atoms with Crippen molar-refractivity contribution in [1.29, 1.82) is 0 Å². The van der Waals surface area contributed by atoms with E-state index in [1.165, 1.54) is 21.3 Å². The summed E-state index contributed by atoms with van der Waals surface area (Å²) >= 11 is 0. The standard InChI is InChI=1S/C23H26F2N6O4S/c1-28-7-6-26-23(28)36(33,34)30-10-8-29(9-11-30)20-15-27-31(18-13-16(24)12-17(25)14-18)22(32)21(20)35-19-4-2-3-5-19/h6-7,12-15,19H,2-5,8-11H2,1H3. The lowest BCUT2D eigenvalue weighted by molar-refractivity contribution is 0.205. The van der Waals surface area contributed by atoms with Crippen LogP contribution in [0.4, 0.5) is 14.5 Å². The molecule has 1 aromatic carbocycles. The minimum atomic E-state index is -3.77. The molecule has 0 radical (unpaired) electrons. The number of rotatable bonds is 6. The van der Waals surface area contributed by atoms with Crippen LogP contribution in [0.3, 0.4) is 0 Å². The van der Waals surface area contributed by atoms with Crippen molar-refractivity contribution in [2.75, 3.05) is 31.1 Å². The van der Waals surface area contributed by atoms with Gasteiger partial charge in [-0.05, 0) is 37.8 Å². The van der Waals surface area contributed by atoms with E-state index in [1.807, 2.05) is 4.90 Å². The number of hydrogen-bond acceptors (Lipinski definition) is 7. The first kappa shape index (κ1) is 24.4. The second-order valence-electron chi connectivity index (χ2n) is 8.94. The van der Waals surface area contributed by atoms with Gasteiger partial charge in [0, 0.05) is 51.7 Å². The molecule has 0 N–H and O–H groups in total. The highest BCUT2D eigenvalue weighted by atomic mass is 32.2. The van der Waals surface area contributed by atoms with Gasteiger partial charge in [0.25, 0.3) is 10.0 Å². The van der Waals surface area contributed by atoms with Crippen LogP contribution in [0.2, 0.25) is 0 Å². The highest BCUT2D eigenvalue weighted by Gasteiger charge is 2.33. The Morgan fingerprint density at radius 1 is 1.03 bits per heavy atom. The van der Waals surface area contributed by atoms with Crippen molar-refractivity contribution in [3.05, 3.63) is 58.8 Å². The summed E-state index contributed by atoms with van der Waals surface area (Å²) in [5.74, 6) is -1.61. The molecule has 1 saturated carbocycles. The lowest BCUT2D eigenvalue weighted by atomic mass is 10.2. The highest BCUT2D eigenvalue weighted by molar-refractivity contribution is 7.89. The number of nitrogens with zero attached hydrogens (tertiary/aromatic N) is 6. The first-order valence-corrected chi connectivity index (χ1v) is 13.2. The molecule has 0 bridgehead atoms. The second-order valence-corrected chi connectivity index (χ2v) is 10.8. The number of piperazine rings is 1. The zero-order chi connectivity index (χ0) is 25.4. The van der Waals surface area contributed by atoms with E-state index in [0.717, 1.165) is 48.6 Å². The molecule has 10 nitrogen and oxygen atoms in total. The molecule has 13 heteroatoms. The van der Waals surface area contributed by atoms with Gasteiger partial charge in [0.2, 0.25) is 10.9 Å². The van der Waals surface area contributed by atoms with Gasteiger partial charge in [0.15, 0.2) is 0 Å². The first-order valence-electron chi connectivity index (χ1n) is 11.7. The molecule has 0 unspecified atom stereocenters. The summed E-state index contributed by atoms with van der Waals surface area (Å²) in [6.07, 6.45) is 7.84. The lowest BCUT2D eigenvalue weighted by Gasteiger charge is -2.35. The predicted octanol–water partition coefficient (Wildman–Crippen LogP) is 2.08. The molecule has 0 amide bonds. The van der Waals surface area contributed by atoms with E-state index < -0.39 is 27.2 Å². The van der Waals surface area contributed by atoms with E-state index in [0.29, 0.717) is 18.8 Å². The molecule has 2 aliphatic rings. The zero-order valence-corrected chi connectivity index (χ0v) is 20.5. The Morgan fingerprint density at radius 2 is 1.69 bits per heavy atom. The minimum absolute atomic E-state index is 0.0344. The van der Waals surface area contributed by atoms with E-state index in [-0.39, 0.29) is 35.8 Å². The molecule has 5 rings (SSSR count). The number of anilines is 1. The summed E-state index contributed by atoms with van der Waals surface area (Å²) in [5.41, 5.74) is -0.257. The van der Waals surface area contributed by atoms with Gasteiger partial charge in [-0.3, -0.25) is 4.79 Å². The van der Waals surface area contributed by atoms with Gasteiger partial charge in [0.1, 0.15) is 17.3 Å². The van der Waals surface area contributed by atoms with E-state index in [2.05, 4.69) is 10.1 Å². The maximum atomic E-state index is 13.8. The third-order valence-electron chi connectivity index (χ3n) is 6.52. The van der Waals surface area contributed by atoms with Crippen molar-refractivity contribution < 1.29 is 21.9 Å². The van der Waals surface area contributed by atoms with Gasteiger partial charge in [-0.1, -0.05) is 0 Å². The van der Waals surface area contributed by atoms with Gasteiger partial charge in [-0.15, -0.1) is 0 Å². The Labute approximate surface area is 206 Å². The van der Waals surface area contributed by atoms with E-state index in [9.17, 15) is 22.0 Å². The third-order valence-corrected chi connectivity index (χ3v) is 8.42.